The van der Waals surface area contributed by atoms with Gasteiger partial charge in [0.2, 0.25) is 0 Å². The molecule has 0 bridgehead atoms. The number of nitrogens with zero attached hydrogens (tertiary/aromatic N) is 1. The number of benzene rings is 1. The Morgan fingerprint density at radius 3 is 2.65 bits per heavy atom. The van der Waals surface area contributed by atoms with Crippen LogP contribution in [0.25, 0.3) is 0 Å². The number of likely N-dealkylation sites (tertiary alicyclic amines) is 1. The van der Waals surface area contributed by atoms with E-state index in [2.05, 4.69) is 0 Å². The van der Waals surface area contributed by atoms with Gasteiger partial charge in [0.1, 0.15) is 11.8 Å². The van der Waals surface area contributed by atoms with E-state index in [-0.39, 0.29) is 12.5 Å². The fourth-order valence-electron chi connectivity index (χ4n) is 2.86. The minimum Gasteiger partial charge on any atom is -0.444 e. The van der Waals surface area contributed by atoms with Crippen molar-refractivity contribution >= 4 is 6.09 Å². The Labute approximate surface area is 137 Å². The second-order valence-electron chi connectivity index (χ2n) is 7.11. The van der Waals surface area contributed by atoms with Crippen molar-refractivity contribution in [3.8, 4) is 0 Å². The lowest BCUT2D eigenvalue weighted by atomic mass is 9.93. The van der Waals surface area contributed by atoms with Crippen molar-refractivity contribution in [2.75, 3.05) is 6.54 Å². The van der Waals surface area contributed by atoms with Crippen LogP contribution in [0.4, 0.5) is 9.18 Å². The molecule has 1 N–H and O–H groups in total. The highest BCUT2D eigenvalue weighted by atomic mass is 19.1. The summed E-state index contributed by atoms with van der Waals surface area (Å²) in [6.45, 7) is 5.74. The highest BCUT2D eigenvalue weighted by Crippen LogP contribution is 2.29. The zero-order valence-corrected chi connectivity index (χ0v) is 14.0. The molecule has 0 aromatic heterocycles. The molecule has 3 atom stereocenters. The van der Waals surface area contributed by atoms with E-state index in [0.29, 0.717) is 19.4 Å². The van der Waals surface area contributed by atoms with E-state index in [0.717, 1.165) is 5.56 Å². The molecular formula is C18H26FNO3. The predicted octanol–water partition coefficient (Wildman–Crippen LogP) is 3.85. The highest BCUT2D eigenvalue weighted by molar-refractivity contribution is 5.68. The number of carbonyl (C=O) groups is 1. The van der Waals surface area contributed by atoms with Crippen LogP contribution in [0.1, 0.15) is 51.7 Å². The van der Waals surface area contributed by atoms with Gasteiger partial charge in [0, 0.05) is 12.6 Å². The number of aliphatic hydroxyl groups is 1. The fraction of sp³-hybridized carbons (Fsp3) is 0.611. The van der Waals surface area contributed by atoms with E-state index in [4.69, 9.17) is 4.74 Å². The maximum atomic E-state index is 13.8. The number of hydrogen-bond donors (Lipinski definition) is 1. The number of rotatable bonds is 3. The lowest BCUT2D eigenvalue weighted by molar-refractivity contribution is -0.00666. The lowest BCUT2D eigenvalue weighted by Crippen LogP contribution is -2.49. The Morgan fingerprint density at radius 1 is 1.39 bits per heavy atom. The number of ether oxygens (including phenoxy) is 1. The van der Waals surface area contributed by atoms with Gasteiger partial charge >= 0.3 is 6.09 Å². The zero-order chi connectivity index (χ0) is 17.0. The van der Waals surface area contributed by atoms with Gasteiger partial charge in [-0.05, 0) is 45.6 Å². The maximum absolute atomic E-state index is 13.8. The molecule has 1 aliphatic rings. The molecule has 0 saturated carbocycles. The molecule has 1 heterocycles. The first-order valence-corrected chi connectivity index (χ1v) is 8.13. The first-order valence-electron chi connectivity index (χ1n) is 8.13. The Morgan fingerprint density at radius 2 is 2.04 bits per heavy atom. The number of halogens is 1. The van der Waals surface area contributed by atoms with Crippen LogP contribution in [-0.4, -0.2) is 40.5 Å². The summed E-state index contributed by atoms with van der Waals surface area (Å²) in [4.78, 5) is 13.9. The third-order valence-electron chi connectivity index (χ3n) is 3.96. The third kappa shape index (κ3) is 5.20. The van der Waals surface area contributed by atoms with Crippen molar-refractivity contribution < 1.29 is 19.0 Å². The number of amides is 1. The van der Waals surface area contributed by atoms with Gasteiger partial charge in [-0.1, -0.05) is 30.3 Å². The second-order valence-corrected chi connectivity index (χ2v) is 7.11. The zero-order valence-electron chi connectivity index (χ0n) is 14.0. The normalized spacial score (nSPS) is 23.4. The summed E-state index contributed by atoms with van der Waals surface area (Å²) < 4.78 is 19.2. The number of carbonyl (C=O) groups excluding carboxylic acids is 1. The third-order valence-corrected chi connectivity index (χ3v) is 3.96. The number of hydrogen-bond acceptors (Lipinski definition) is 3. The van der Waals surface area contributed by atoms with Crippen molar-refractivity contribution in [1.82, 2.24) is 4.90 Å². The molecule has 1 fully saturated rings. The smallest absolute Gasteiger partial charge is 0.410 e. The summed E-state index contributed by atoms with van der Waals surface area (Å²) in [6, 6.07) is 8.88. The molecule has 1 amide bonds. The van der Waals surface area contributed by atoms with Gasteiger partial charge in [-0.3, -0.25) is 0 Å². The van der Waals surface area contributed by atoms with Crippen molar-refractivity contribution in [1.29, 1.82) is 0 Å². The minimum absolute atomic E-state index is 0.239. The molecule has 1 aromatic carbocycles. The first kappa shape index (κ1) is 17.7. The summed E-state index contributed by atoms with van der Waals surface area (Å²) in [5.74, 6) is 0. The summed E-state index contributed by atoms with van der Waals surface area (Å²) >= 11 is 0. The average molecular weight is 323 g/mol. The molecule has 128 valence electrons. The van der Waals surface area contributed by atoms with Crippen molar-refractivity contribution in [2.45, 2.75) is 64.0 Å². The van der Waals surface area contributed by atoms with Crippen LogP contribution >= 0.6 is 0 Å². The molecule has 1 aliphatic heterocycles. The van der Waals surface area contributed by atoms with E-state index in [1.54, 1.807) is 25.7 Å². The van der Waals surface area contributed by atoms with Crippen molar-refractivity contribution in [3.05, 3.63) is 35.9 Å². The molecule has 4 nitrogen and oxygen atoms in total. The van der Waals surface area contributed by atoms with Crippen LogP contribution in [0, 0.1) is 0 Å². The van der Waals surface area contributed by atoms with Gasteiger partial charge in [-0.2, -0.15) is 0 Å². The summed E-state index contributed by atoms with van der Waals surface area (Å²) in [7, 11) is 0. The van der Waals surface area contributed by atoms with Crippen LogP contribution < -0.4 is 0 Å². The number of aliphatic hydroxyl groups excluding tert-OH is 1. The van der Waals surface area contributed by atoms with Gasteiger partial charge in [0.25, 0.3) is 0 Å². The van der Waals surface area contributed by atoms with Gasteiger partial charge < -0.3 is 14.7 Å². The summed E-state index contributed by atoms with van der Waals surface area (Å²) in [6.07, 6.45) is -1.24. The molecule has 5 heteroatoms. The Kier molecular flexibility index (Phi) is 5.63. The maximum Gasteiger partial charge on any atom is 0.410 e. The van der Waals surface area contributed by atoms with Crippen LogP contribution in [0.15, 0.2) is 30.3 Å². The fourth-order valence-corrected chi connectivity index (χ4v) is 2.86. The Hall–Kier alpha value is -1.62. The van der Waals surface area contributed by atoms with Crippen LogP contribution in [0.3, 0.4) is 0 Å². The SMILES string of the molecule is CC(C)(C)OC(=O)N1CC[C@@H](F)C[C@@H]1C[C@@H](O)c1ccccc1. The van der Waals surface area contributed by atoms with Crippen molar-refractivity contribution in [3.63, 3.8) is 0 Å². The molecule has 2 rings (SSSR count). The van der Waals surface area contributed by atoms with Gasteiger partial charge in [-0.15, -0.1) is 0 Å². The van der Waals surface area contributed by atoms with Crippen LogP contribution in [0.5, 0.6) is 0 Å². The molecule has 0 radical (unpaired) electrons. The van der Waals surface area contributed by atoms with Gasteiger partial charge in [0.15, 0.2) is 0 Å². The first-order chi connectivity index (χ1) is 10.8. The summed E-state index contributed by atoms with van der Waals surface area (Å²) in [5.41, 5.74) is 0.185. The average Bonchev–Trinajstić information content (AvgIpc) is 2.46. The number of piperidine rings is 1. The van der Waals surface area contributed by atoms with E-state index in [1.165, 1.54) is 0 Å². The molecule has 0 aliphatic carbocycles. The molecule has 1 saturated heterocycles. The van der Waals surface area contributed by atoms with E-state index >= 15 is 0 Å². The van der Waals surface area contributed by atoms with Gasteiger partial charge in [0.05, 0.1) is 6.10 Å². The number of alkyl halides is 1. The lowest BCUT2D eigenvalue weighted by Gasteiger charge is -2.38. The summed E-state index contributed by atoms with van der Waals surface area (Å²) in [5, 5.41) is 10.4. The highest BCUT2D eigenvalue weighted by Gasteiger charge is 2.35. The predicted molar refractivity (Wildman–Crippen MR) is 86.9 cm³/mol. The van der Waals surface area contributed by atoms with E-state index < -0.39 is 24.0 Å². The van der Waals surface area contributed by atoms with E-state index in [1.807, 2.05) is 30.3 Å². The largest absolute Gasteiger partial charge is 0.444 e. The standard InChI is InChI=1S/C18H26FNO3/c1-18(2,3)23-17(22)20-10-9-14(19)11-15(20)12-16(21)13-7-5-4-6-8-13/h4-8,14-16,21H,9-12H2,1-3H3/t14-,15-,16-/m1/s1. The molecule has 0 unspecified atom stereocenters. The van der Waals surface area contributed by atoms with Crippen molar-refractivity contribution in [2.24, 2.45) is 0 Å². The molecule has 23 heavy (non-hydrogen) atoms. The molecule has 0 spiro atoms. The Balaban J connectivity index is 2.07. The topological polar surface area (TPSA) is 49.8 Å². The van der Waals surface area contributed by atoms with E-state index in [9.17, 15) is 14.3 Å². The quantitative estimate of drug-likeness (QED) is 0.919. The van der Waals surface area contributed by atoms with Crippen LogP contribution in [-0.2, 0) is 4.74 Å². The molecule has 1 aromatic rings. The van der Waals surface area contributed by atoms with Gasteiger partial charge in [-0.25, -0.2) is 9.18 Å². The monoisotopic (exact) mass is 323 g/mol. The Bertz CT molecular complexity index is 515. The molecular weight excluding hydrogens is 297 g/mol. The minimum atomic E-state index is -0.943. The van der Waals surface area contributed by atoms with Crippen LogP contribution in [0.2, 0.25) is 0 Å². The second kappa shape index (κ2) is 7.30.